The van der Waals surface area contributed by atoms with Crippen LogP contribution in [0.3, 0.4) is 0 Å². The highest BCUT2D eigenvalue weighted by Gasteiger charge is 2.27. The summed E-state index contributed by atoms with van der Waals surface area (Å²) in [5.74, 6) is 1.25. The minimum Gasteiger partial charge on any atom is -0.382 e. The van der Waals surface area contributed by atoms with Gasteiger partial charge in [0.15, 0.2) is 5.82 Å². The molecule has 6 nitrogen and oxygen atoms in total. The average Bonchev–Trinajstić information content (AvgIpc) is 2.83. The monoisotopic (exact) mass is 308 g/mol. The zero-order valence-electron chi connectivity index (χ0n) is 13.0. The van der Waals surface area contributed by atoms with Gasteiger partial charge in [-0.1, -0.05) is 12.8 Å². The van der Waals surface area contributed by atoms with Crippen molar-refractivity contribution in [3.05, 3.63) is 35.8 Å². The summed E-state index contributed by atoms with van der Waals surface area (Å²) in [4.78, 5) is 20.1. The molecular weight excluding hydrogens is 288 g/mol. The lowest BCUT2D eigenvalue weighted by atomic mass is 9.99. The van der Waals surface area contributed by atoms with Gasteiger partial charge in [0.2, 0.25) is 5.95 Å². The van der Waals surface area contributed by atoms with E-state index in [1.165, 1.54) is 25.7 Å². The first-order valence-electron chi connectivity index (χ1n) is 8.19. The van der Waals surface area contributed by atoms with Crippen molar-refractivity contribution < 1.29 is 0 Å². The van der Waals surface area contributed by atoms with E-state index in [9.17, 15) is 0 Å². The standard InChI is InChI=1S/C17H20N6/c18-16-15-14(13(11-20-15)12-5-7-19-8-6-12)21-17(22-16)23-9-3-1-2-4-10-23/h5-8,11,13H,1-4,9-10H2,(H2,18,21,22). The Balaban J connectivity index is 1.72. The van der Waals surface area contributed by atoms with Crippen molar-refractivity contribution >= 4 is 23.7 Å². The molecule has 0 bridgehead atoms. The first-order chi connectivity index (χ1) is 11.3. The smallest absolute Gasteiger partial charge is 0.227 e. The van der Waals surface area contributed by atoms with Crippen molar-refractivity contribution in [2.75, 3.05) is 23.7 Å². The van der Waals surface area contributed by atoms with Gasteiger partial charge >= 0.3 is 0 Å². The van der Waals surface area contributed by atoms with Crippen LogP contribution in [-0.2, 0) is 0 Å². The van der Waals surface area contributed by atoms with E-state index in [4.69, 9.17) is 10.7 Å². The molecule has 0 aliphatic carbocycles. The second-order valence-electron chi connectivity index (χ2n) is 6.08. The Morgan fingerprint density at radius 3 is 2.48 bits per heavy atom. The number of aromatic nitrogens is 3. The third-order valence-electron chi connectivity index (χ3n) is 4.53. The molecule has 2 aliphatic heterocycles. The Kier molecular flexibility index (Phi) is 3.65. The fraction of sp³-hybridized carbons (Fsp3) is 0.412. The molecule has 0 saturated carbocycles. The Bertz CT molecular complexity index is 719. The minimum absolute atomic E-state index is 0.0315. The lowest BCUT2D eigenvalue weighted by Gasteiger charge is -2.21. The SMILES string of the molecule is Nc1nc(N2CCCCCC2)nc2c1N=CC2c1ccncc1. The number of pyridine rings is 1. The van der Waals surface area contributed by atoms with Crippen LogP contribution < -0.4 is 10.6 Å². The van der Waals surface area contributed by atoms with Gasteiger partial charge in [-0.25, -0.2) is 4.98 Å². The molecular formula is C17H20N6. The molecule has 1 atom stereocenters. The van der Waals surface area contributed by atoms with Crippen molar-refractivity contribution in [1.29, 1.82) is 0 Å². The highest BCUT2D eigenvalue weighted by molar-refractivity contribution is 5.87. The molecule has 2 aromatic rings. The molecule has 1 saturated heterocycles. The zero-order chi connectivity index (χ0) is 15.6. The molecule has 2 aliphatic rings. The van der Waals surface area contributed by atoms with Gasteiger partial charge < -0.3 is 10.6 Å². The molecule has 0 spiro atoms. The van der Waals surface area contributed by atoms with E-state index in [0.717, 1.165) is 30.3 Å². The van der Waals surface area contributed by atoms with Crippen molar-refractivity contribution in [2.24, 2.45) is 4.99 Å². The largest absolute Gasteiger partial charge is 0.382 e. The molecule has 23 heavy (non-hydrogen) atoms. The van der Waals surface area contributed by atoms with Gasteiger partial charge in [-0.2, -0.15) is 4.98 Å². The molecule has 1 unspecified atom stereocenters. The second-order valence-corrected chi connectivity index (χ2v) is 6.08. The Morgan fingerprint density at radius 1 is 1.00 bits per heavy atom. The van der Waals surface area contributed by atoms with Crippen LogP contribution in [0.25, 0.3) is 0 Å². The van der Waals surface area contributed by atoms with Crippen LogP contribution in [0.2, 0.25) is 0 Å². The van der Waals surface area contributed by atoms with Crippen LogP contribution in [0.1, 0.15) is 42.9 Å². The summed E-state index contributed by atoms with van der Waals surface area (Å²) >= 11 is 0. The van der Waals surface area contributed by atoms with Gasteiger partial charge in [-0.15, -0.1) is 0 Å². The van der Waals surface area contributed by atoms with Gasteiger partial charge in [0.1, 0.15) is 5.69 Å². The number of fused-ring (bicyclic) bond motifs is 1. The molecule has 1 fully saturated rings. The number of hydrogen-bond donors (Lipinski definition) is 1. The van der Waals surface area contributed by atoms with Crippen LogP contribution in [-0.4, -0.2) is 34.3 Å². The summed E-state index contributed by atoms with van der Waals surface area (Å²) < 4.78 is 0. The lowest BCUT2D eigenvalue weighted by Crippen LogP contribution is -2.26. The fourth-order valence-electron chi connectivity index (χ4n) is 3.27. The summed E-state index contributed by atoms with van der Waals surface area (Å²) in [6.45, 7) is 2.00. The van der Waals surface area contributed by atoms with E-state index in [0.29, 0.717) is 11.5 Å². The quantitative estimate of drug-likeness (QED) is 0.922. The van der Waals surface area contributed by atoms with Crippen molar-refractivity contribution in [1.82, 2.24) is 15.0 Å². The maximum Gasteiger partial charge on any atom is 0.227 e. The molecule has 0 radical (unpaired) electrons. The third kappa shape index (κ3) is 2.65. The Hall–Kier alpha value is -2.50. The number of rotatable bonds is 2. The van der Waals surface area contributed by atoms with E-state index in [1.54, 1.807) is 12.4 Å². The Labute approximate surface area is 135 Å². The molecule has 0 amide bonds. The van der Waals surface area contributed by atoms with Crippen LogP contribution in [0.4, 0.5) is 17.5 Å². The molecule has 4 heterocycles. The third-order valence-corrected chi connectivity index (χ3v) is 4.53. The molecule has 118 valence electrons. The average molecular weight is 308 g/mol. The van der Waals surface area contributed by atoms with Crippen LogP contribution in [0, 0.1) is 0 Å². The fourth-order valence-corrected chi connectivity index (χ4v) is 3.27. The van der Waals surface area contributed by atoms with Crippen LogP contribution in [0.5, 0.6) is 0 Å². The molecule has 2 aromatic heterocycles. The van der Waals surface area contributed by atoms with Crippen molar-refractivity contribution in [2.45, 2.75) is 31.6 Å². The van der Waals surface area contributed by atoms with E-state index >= 15 is 0 Å². The molecule has 6 heteroatoms. The van der Waals surface area contributed by atoms with Gasteiger partial charge in [0.25, 0.3) is 0 Å². The predicted molar refractivity (Wildman–Crippen MR) is 91.4 cm³/mol. The van der Waals surface area contributed by atoms with Crippen LogP contribution in [0.15, 0.2) is 29.5 Å². The number of hydrogen-bond acceptors (Lipinski definition) is 6. The summed E-state index contributed by atoms with van der Waals surface area (Å²) in [6.07, 6.45) is 10.4. The van der Waals surface area contributed by atoms with E-state index in [1.807, 2.05) is 18.3 Å². The number of nitrogens with zero attached hydrogens (tertiary/aromatic N) is 5. The summed E-state index contributed by atoms with van der Waals surface area (Å²) in [5.41, 5.74) is 8.90. The number of nitrogens with two attached hydrogens (primary N) is 1. The minimum atomic E-state index is 0.0315. The van der Waals surface area contributed by atoms with E-state index in [2.05, 4.69) is 19.9 Å². The molecule has 2 N–H and O–H groups in total. The normalized spacial score (nSPS) is 20.3. The zero-order valence-corrected chi connectivity index (χ0v) is 13.0. The molecule has 4 rings (SSSR count). The predicted octanol–water partition coefficient (Wildman–Crippen LogP) is 2.68. The number of anilines is 2. The maximum absolute atomic E-state index is 6.15. The van der Waals surface area contributed by atoms with Gasteiger partial charge in [0.05, 0.1) is 11.6 Å². The second kappa shape index (κ2) is 5.95. The summed E-state index contributed by atoms with van der Waals surface area (Å²) in [6, 6.07) is 3.99. The highest BCUT2D eigenvalue weighted by atomic mass is 15.3. The summed E-state index contributed by atoms with van der Waals surface area (Å²) in [5, 5.41) is 0. The van der Waals surface area contributed by atoms with Crippen molar-refractivity contribution in [3.8, 4) is 0 Å². The van der Waals surface area contributed by atoms with Crippen LogP contribution >= 0.6 is 0 Å². The number of aliphatic imine (C=N–C) groups is 1. The topological polar surface area (TPSA) is 80.3 Å². The first-order valence-corrected chi connectivity index (χ1v) is 8.19. The maximum atomic E-state index is 6.15. The number of nitrogen functional groups attached to an aromatic ring is 1. The van der Waals surface area contributed by atoms with Gasteiger partial charge in [0, 0.05) is 31.7 Å². The van der Waals surface area contributed by atoms with Gasteiger partial charge in [-0.05, 0) is 30.5 Å². The Morgan fingerprint density at radius 2 is 1.74 bits per heavy atom. The summed E-state index contributed by atoms with van der Waals surface area (Å²) in [7, 11) is 0. The molecule has 0 aromatic carbocycles. The van der Waals surface area contributed by atoms with E-state index in [-0.39, 0.29) is 5.92 Å². The van der Waals surface area contributed by atoms with E-state index < -0.39 is 0 Å². The lowest BCUT2D eigenvalue weighted by molar-refractivity contribution is 0.726. The van der Waals surface area contributed by atoms with Gasteiger partial charge in [-0.3, -0.25) is 9.98 Å². The first kappa shape index (κ1) is 14.1. The highest BCUT2D eigenvalue weighted by Crippen LogP contribution is 2.39. The van der Waals surface area contributed by atoms with Crippen molar-refractivity contribution in [3.63, 3.8) is 0 Å².